The zero-order valence-corrected chi connectivity index (χ0v) is 17.9. The molecule has 0 aromatic heterocycles. The van der Waals surface area contributed by atoms with Crippen molar-refractivity contribution in [3.05, 3.63) is 48.6 Å². The van der Waals surface area contributed by atoms with E-state index in [1.165, 1.54) is 0 Å². The van der Waals surface area contributed by atoms with E-state index in [0.717, 1.165) is 31.2 Å². The summed E-state index contributed by atoms with van der Waals surface area (Å²) in [5, 5.41) is 14.5. The fourth-order valence-electron chi connectivity index (χ4n) is 2.94. The molecule has 7 heteroatoms. The number of unbranched alkanes of at least 4 members (excludes halogenated alkanes) is 4. The van der Waals surface area contributed by atoms with E-state index in [2.05, 4.69) is 17.2 Å². The predicted molar refractivity (Wildman–Crippen MR) is 116 cm³/mol. The molecule has 2 amide bonds. The molecule has 0 saturated heterocycles. The second-order valence-corrected chi connectivity index (χ2v) is 7.61. The van der Waals surface area contributed by atoms with Gasteiger partial charge in [0.1, 0.15) is 18.7 Å². The summed E-state index contributed by atoms with van der Waals surface area (Å²) in [7, 11) is 0. The molecule has 0 heterocycles. The zero-order valence-electron chi connectivity index (χ0n) is 17.9. The highest BCUT2D eigenvalue weighted by Gasteiger charge is 2.28. The summed E-state index contributed by atoms with van der Waals surface area (Å²) in [6.45, 7) is 7.31. The maximum absolute atomic E-state index is 12.6. The number of carbonyl (C=O) groups is 3. The summed E-state index contributed by atoms with van der Waals surface area (Å²) in [5.41, 5.74) is 0.831. The van der Waals surface area contributed by atoms with Crippen LogP contribution in [0.25, 0.3) is 0 Å². The van der Waals surface area contributed by atoms with E-state index < -0.39 is 30.1 Å². The number of carboxylic acid groups (broad SMARTS) is 1. The Labute approximate surface area is 178 Å². The lowest BCUT2D eigenvalue weighted by Crippen LogP contribution is -2.53. The van der Waals surface area contributed by atoms with Gasteiger partial charge in [-0.25, -0.2) is 9.59 Å². The van der Waals surface area contributed by atoms with Crippen molar-refractivity contribution in [1.29, 1.82) is 0 Å². The molecule has 30 heavy (non-hydrogen) atoms. The third-order valence-electron chi connectivity index (χ3n) is 4.70. The van der Waals surface area contributed by atoms with Crippen LogP contribution in [0, 0.1) is 5.92 Å². The maximum Gasteiger partial charge on any atom is 0.408 e. The van der Waals surface area contributed by atoms with Gasteiger partial charge in [-0.1, -0.05) is 69.5 Å². The molecule has 2 atom stereocenters. The topological polar surface area (TPSA) is 105 Å². The van der Waals surface area contributed by atoms with Crippen LogP contribution in [0.2, 0.25) is 0 Å². The smallest absolute Gasteiger partial charge is 0.408 e. The van der Waals surface area contributed by atoms with Crippen molar-refractivity contribution in [2.75, 3.05) is 0 Å². The van der Waals surface area contributed by atoms with Gasteiger partial charge < -0.3 is 20.5 Å². The van der Waals surface area contributed by atoms with Gasteiger partial charge in [0.2, 0.25) is 5.91 Å². The third-order valence-corrected chi connectivity index (χ3v) is 4.70. The number of carbonyl (C=O) groups excluding carboxylic acids is 2. The van der Waals surface area contributed by atoms with E-state index in [0.29, 0.717) is 12.8 Å². The van der Waals surface area contributed by atoms with Crippen molar-refractivity contribution in [1.82, 2.24) is 10.6 Å². The lowest BCUT2D eigenvalue weighted by molar-refractivity contribution is -0.142. The van der Waals surface area contributed by atoms with Gasteiger partial charge in [0.25, 0.3) is 0 Å². The Bertz CT molecular complexity index is 675. The molecular formula is C23H34N2O5. The van der Waals surface area contributed by atoms with Crippen LogP contribution >= 0.6 is 0 Å². The van der Waals surface area contributed by atoms with Crippen LogP contribution in [0.5, 0.6) is 0 Å². The van der Waals surface area contributed by atoms with Gasteiger partial charge in [0.15, 0.2) is 0 Å². The Kier molecular flexibility index (Phi) is 11.9. The molecule has 0 saturated carbocycles. The highest BCUT2D eigenvalue weighted by Crippen LogP contribution is 2.10. The first kappa shape index (κ1) is 25.2. The zero-order chi connectivity index (χ0) is 22.4. The van der Waals surface area contributed by atoms with Crippen molar-refractivity contribution in [3.63, 3.8) is 0 Å². The minimum Gasteiger partial charge on any atom is -0.480 e. The number of hydrogen-bond donors (Lipinski definition) is 3. The van der Waals surface area contributed by atoms with Gasteiger partial charge in [-0.2, -0.15) is 0 Å². The molecule has 0 aliphatic heterocycles. The van der Waals surface area contributed by atoms with Crippen LogP contribution in [0.4, 0.5) is 4.79 Å². The number of nitrogens with one attached hydrogen (secondary N) is 2. The SMILES string of the molecule is C=CCCCCCC[C@H](NC(=O)[C@H](NC(=O)OCc1ccccc1)C(C)C)C(=O)O. The molecule has 0 aliphatic rings. The number of aliphatic carboxylic acids is 1. The van der Waals surface area contributed by atoms with E-state index in [9.17, 15) is 19.5 Å². The fraction of sp³-hybridized carbons (Fsp3) is 0.522. The van der Waals surface area contributed by atoms with Gasteiger partial charge in [0, 0.05) is 0 Å². The summed E-state index contributed by atoms with van der Waals surface area (Å²) < 4.78 is 5.17. The molecular weight excluding hydrogens is 384 g/mol. The van der Waals surface area contributed by atoms with E-state index in [1.54, 1.807) is 13.8 Å². The molecule has 0 fully saturated rings. The van der Waals surface area contributed by atoms with Gasteiger partial charge in [0.05, 0.1) is 0 Å². The average Bonchev–Trinajstić information content (AvgIpc) is 2.72. The molecule has 0 bridgehead atoms. The van der Waals surface area contributed by atoms with E-state index in [-0.39, 0.29) is 12.5 Å². The summed E-state index contributed by atoms with van der Waals surface area (Å²) in [5.74, 6) is -1.84. The first-order valence-corrected chi connectivity index (χ1v) is 10.5. The molecule has 166 valence electrons. The van der Waals surface area contributed by atoms with Crippen LogP contribution in [-0.4, -0.2) is 35.2 Å². The Morgan fingerprint density at radius 2 is 1.73 bits per heavy atom. The lowest BCUT2D eigenvalue weighted by Gasteiger charge is -2.23. The standard InChI is InChI=1S/C23H34N2O5/c1-4-5-6-7-8-12-15-19(22(27)28)24-21(26)20(17(2)3)25-23(29)30-16-18-13-10-9-11-14-18/h4,9-11,13-14,17,19-20H,1,5-8,12,15-16H2,2-3H3,(H,24,26)(H,25,29)(H,27,28)/t19-,20+/m0/s1. The summed E-state index contributed by atoms with van der Waals surface area (Å²) >= 11 is 0. The lowest BCUT2D eigenvalue weighted by atomic mass is 10.0. The van der Waals surface area contributed by atoms with Crippen LogP contribution < -0.4 is 10.6 Å². The Balaban J connectivity index is 2.53. The molecule has 1 aromatic rings. The number of carboxylic acids is 1. The average molecular weight is 419 g/mol. The Hall–Kier alpha value is -2.83. The number of alkyl carbamates (subject to hydrolysis) is 1. The number of amides is 2. The van der Waals surface area contributed by atoms with E-state index in [4.69, 9.17) is 4.74 Å². The number of ether oxygens (including phenoxy) is 1. The molecule has 1 aromatic carbocycles. The molecule has 7 nitrogen and oxygen atoms in total. The van der Waals surface area contributed by atoms with E-state index >= 15 is 0 Å². The second-order valence-electron chi connectivity index (χ2n) is 7.61. The summed E-state index contributed by atoms with van der Waals surface area (Å²) in [4.78, 5) is 36.3. The maximum atomic E-state index is 12.6. The number of benzene rings is 1. The van der Waals surface area contributed by atoms with Gasteiger partial charge in [-0.3, -0.25) is 4.79 Å². The van der Waals surface area contributed by atoms with E-state index in [1.807, 2.05) is 36.4 Å². The highest BCUT2D eigenvalue weighted by molar-refractivity contribution is 5.89. The summed E-state index contributed by atoms with van der Waals surface area (Å²) in [6, 6.07) is 7.33. The quantitative estimate of drug-likeness (QED) is 0.312. The van der Waals surface area contributed by atoms with Crippen molar-refractivity contribution in [2.24, 2.45) is 5.92 Å². The molecule has 3 N–H and O–H groups in total. The molecule has 0 aliphatic carbocycles. The van der Waals surface area contributed by atoms with Crippen LogP contribution in [0.1, 0.15) is 57.9 Å². The van der Waals surface area contributed by atoms with Gasteiger partial charge in [-0.15, -0.1) is 6.58 Å². The third kappa shape index (κ3) is 10.1. The monoisotopic (exact) mass is 418 g/mol. The minimum atomic E-state index is -1.08. The number of rotatable bonds is 14. The molecule has 0 radical (unpaired) electrons. The van der Waals surface area contributed by atoms with Crippen molar-refractivity contribution in [3.8, 4) is 0 Å². The fourth-order valence-corrected chi connectivity index (χ4v) is 2.94. The van der Waals surface area contributed by atoms with Crippen LogP contribution in [-0.2, 0) is 20.9 Å². The molecule has 1 rings (SSSR count). The Morgan fingerprint density at radius 3 is 2.33 bits per heavy atom. The van der Waals surface area contributed by atoms with Crippen molar-refractivity contribution < 1.29 is 24.2 Å². The predicted octanol–water partition coefficient (Wildman–Crippen LogP) is 4.03. The number of hydrogen-bond acceptors (Lipinski definition) is 4. The highest BCUT2D eigenvalue weighted by atomic mass is 16.5. The minimum absolute atomic E-state index is 0.0860. The van der Waals surface area contributed by atoms with Crippen LogP contribution in [0.3, 0.4) is 0 Å². The summed E-state index contributed by atoms with van der Waals surface area (Å²) in [6.07, 6.45) is 6.05. The first-order chi connectivity index (χ1) is 14.3. The van der Waals surface area contributed by atoms with Gasteiger partial charge >= 0.3 is 12.1 Å². The first-order valence-electron chi connectivity index (χ1n) is 10.5. The van der Waals surface area contributed by atoms with Crippen molar-refractivity contribution >= 4 is 18.0 Å². The second kappa shape index (κ2) is 14.2. The van der Waals surface area contributed by atoms with Crippen LogP contribution in [0.15, 0.2) is 43.0 Å². The largest absolute Gasteiger partial charge is 0.480 e. The van der Waals surface area contributed by atoms with Crippen molar-refractivity contribution in [2.45, 2.75) is 71.1 Å². The van der Waals surface area contributed by atoms with Gasteiger partial charge in [-0.05, 0) is 30.7 Å². The normalized spacial score (nSPS) is 12.6. The molecule has 0 unspecified atom stereocenters. The molecule has 0 spiro atoms. The Morgan fingerprint density at radius 1 is 1.07 bits per heavy atom. The number of allylic oxidation sites excluding steroid dienone is 1.